The van der Waals surface area contributed by atoms with Gasteiger partial charge in [-0.2, -0.15) is 5.10 Å². The van der Waals surface area contributed by atoms with Gasteiger partial charge < -0.3 is 10.4 Å². The van der Waals surface area contributed by atoms with E-state index >= 15 is 0 Å². The van der Waals surface area contributed by atoms with Crippen LogP contribution in [-0.2, 0) is 6.54 Å². The van der Waals surface area contributed by atoms with E-state index in [1.165, 1.54) is 4.68 Å². The molecule has 0 aromatic carbocycles. The van der Waals surface area contributed by atoms with Crippen molar-refractivity contribution in [3.63, 3.8) is 0 Å². The Hall–Kier alpha value is -0.880. The van der Waals surface area contributed by atoms with Crippen molar-refractivity contribution in [1.82, 2.24) is 9.78 Å². The molecule has 0 spiro atoms. The predicted octanol–water partition coefficient (Wildman–Crippen LogP) is 1.60. The highest BCUT2D eigenvalue weighted by atomic mass is 79.9. The molecular formula is C12H18BrN3O2. The van der Waals surface area contributed by atoms with Gasteiger partial charge in [0.05, 0.1) is 18.0 Å². The number of aliphatic hydroxyl groups is 1. The van der Waals surface area contributed by atoms with Gasteiger partial charge in [-0.3, -0.25) is 4.79 Å². The maximum Gasteiger partial charge on any atom is 0.283 e. The van der Waals surface area contributed by atoms with Gasteiger partial charge >= 0.3 is 0 Å². The van der Waals surface area contributed by atoms with E-state index in [4.69, 9.17) is 0 Å². The molecule has 0 radical (unpaired) electrons. The van der Waals surface area contributed by atoms with Crippen LogP contribution in [0.5, 0.6) is 0 Å². The second-order valence-corrected chi connectivity index (χ2v) is 6.01. The van der Waals surface area contributed by atoms with Crippen LogP contribution >= 0.6 is 15.9 Å². The van der Waals surface area contributed by atoms with Crippen LogP contribution in [-0.4, -0.2) is 27.0 Å². The topological polar surface area (TPSA) is 67.2 Å². The Kier molecular flexibility index (Phi) is 4.07. The summed E-state index contributed by atoms with van der Waals surface area (Å²) in [6.07, 6.45) is 2.90. The number of aromatic nitrogens is 2. The summed E-state index contributed by atoms with van der Waals surface area (Å²) >= 11 is 3.32. The highest BCUT2D eigenvalue weighted by Crippen LogP contribution is 2.26. The van der Waals surface area contributed by atoms with Gasteiger partial charge in [0.1, 0.15) is 4.47 Å². The molecule has 0 atom stereocenters. The van der Waals surface area contributed by atoms with E-state index < -0.39 is 0 Å². The van der Waals surface area contributed by atoms with Crippen molar-refractivity contribution in [3.05, 3.63) is 21.0 Å². The zero-order valence-corrected chi connectivity index (χ0v) is 12.1. The molecule has 0 aliphatic heterocycles. The molecule has 2 rings (SSSR count). The Bertz CT molecular complexity index is 481. The van der Waals surface area contributed by atoms with E-state index in [1.54, 1.807) is 6.20 Å². The third-order valence-corrected chi connectivity index (χ3v) is 3.76. The Labute approximate surface area is 114 Å². The maximum absolute atomic E-state index is 12.0. The van der Waals surface area contributed by atoms with Gasteiger partial charge in [-0.15, -0.1) is 0 Å². The molecule has 0 saturated heterocycles. The van der Waals surface area contributed by atoms with E-state index in [-0.39, 0.29) is 17.7 Å². The summed E-state index contributed by atoms with van der Waals surface area (Å²) in [4.78, 5) is 12.0. The van der Waals surface area contributed by atoms with Crippen LogP contribution in [0, 0.1) is 5.92 Å². The summed E-state index contributed by atoms with van der Waals surface area (Å²) in [5.74, 6) is 0.377. The van der Waals surface area contributed by atoms with Gasteiger partial charge in [0.25, 0.3) is 5.56 Å². The standard InChI is InChI=1S/C12H18BrN3O2/c1-7(2)6-16-12(18)11(13)10(5-14-16)15-8-3-9(17)4-8/h5,7-9,15,17H,3-4,6H2,1-2H3. The SMILES string of the molecule is CC(C)Cn1ncc(NC2CC(O)C2)c(Br)c1=O. The summed E-state index contributed by atoms with van der Waals surface area (Å²) < 4.78 is 1.98. The van der Waals surface area contributed by atoms with Gasteiger partial charge in [-0.05, 0) is 34.7 Å². The molecule has 1 aromatic heterocycles. The van der Waals surface area contributed by atoms with Crippen molar-refractivity contribution in [2.75, 3.05) is 5.32 Å². The van der Waals surface area contributed by atoms with E-state index in [1.807, 2.05) is 13.8 Å². The molecule has 1 aliphatic rings. The average Bonchev–Trinajstić information content (AvgIpc) is 2.26. The summed E-state index contributed by atoms with van der Waals surface area (Å²) in [6, 6.07) is 0.235. The minimum absolute atomic E-state index is 0.117. The van der Waals surface area contributed by atoms with Crippen LogP contribution in [0.4, 0.5) is 5.69 Å². The van der Waals surface area contributed by atoms with Crippen molar-refractivity contribution >= 4 is 21.6 Å². The molecule has 6 heteroatoms. The second kappa shape index (κ2) is 5.40. The lowest BCUT2D eigenvalue weighted by Crippen LogP contribution is -2.39. The van der Waals surface area contributed by atoms with Crippen LogP contribution in [0.25, 0.3) is 0 Å². The van der Waals surface area contributed by atoms with E-state index in [0.29, 0.717) is 22.6 Å². The first-order chi connectivity index (χ1) is 8.47. The smallest absolute Gasteiger partial charge is 0.283 e. The Morgan fingerprint density at radius 1 is 1.61 bits per heavy atom. The number of hydrogen-bond acceptors (Lipinski definition) is 4. The second-order valence-electron chi connectivity index (χ2n) is 5.22. The normalized spacial score (nSPS) is 22.9. The molecule has 1 aromatic rings. The van der Waals surface area contributed by atoms with Gasteiger partial charge in [0, 0.05) is 12.6 Å². The molecule has 0 unspecified atom stereocenters. The molecule has 5 nitrogen and oxygen atoms in total. The Morgan fingerprint density at radius 3 is 2.83 bits per heavy atom. The summed E-state index contributed by atoms with van der Waals surface area (Å²) in [7, 11) is 0. The number of aliphatic hydroxyl groups excluding tert-OH is 1. The van der Waals surface area contributed by atoms with Crippen molar-refractivity contribution in [3.8, 4) is 0 Å². The van der Waals surface area contributed by atoms with Crippen molar-refractivity contribution < 1.29 is 5.11 Å². The minimum atomic E-state index is -0.212. The first kappa shape index (κ1) is 13.5. The van der Waals surface area contributed by atoms with Crippen LogP contribution in [0.2, 0.25) is 0 Å². The summed E-state index contributed by atoms with van der Waals surface area (Å²) in [5.41, 5.74) is 0.588. The molecule has 2 N–H and O–H groups in total. The number of nitrogens with one attached hydrogen (secondary N) is 1. The first-order valence-corrected chi connectivity index (χ1v) is 6.97. The molecule has 1 saturated carbocycles. The van der Waals surface area contributed by atoms with Gasteiger partial charge in [0.15, 0.2) is 0 Å². The fourth-order valence-corrected chi connectivity index (χ4v) is 2.39. The third-order valence-electron chi connectivity index (χ3n) is 3.00. The largest absolute Gasteiger partial charge is 0.393 e. The first-order valence-electron chi connectivity index (χ1n) is 6.17. The zero-order valence-electron chi connectivity index (χ0n) is 10.6. The van der Waals surface area contributed by atoms with Gasteiger partial charge in [-0.1, -0.05) is 13.8 Å². The van der Waals surface area contributed by atoms with Gasteiger partial charge in [-0.25, -0.2) is 4.68 Å². The van der Waals surface area contributed by atoms with Crippen LogP contribution in [0.3, 0.4) is 0 Å². The minimum Gasteiger partial charge on any atom is -0.393 e. The highest BCUT2D eigenvalue weighted by Gasteiger charge is 2.27. The number of rotatable bonds is 4. The molecule has 0 bridgehead atoms. The lowest BCUT2D eigenvalue weighted by Gasteiger charge is -2.32. The van der Waals surface area contributed by atoms with E-state index in [0.717, 1.165) is 12.8 Å². The average molecular weight is 316 g/mol. The number of anilines is 1. The highest BCUT2D eigenvalue weighted by molar-refractivity contribution is 9.10. The Balaban J connectivity index is 2.13. The molecular weight excluding hydrogens is 298 g/mol. The summed E-state index contributed by atoms with van der Waals surface area (Å²) in [5, 5.41) is 16.6. The number of halogens is 1. The monoisotopic (exact) mass is 315 g/mol. The van der Waals surface area contributed by atoms with Crippen molar-refractivity contribution in [1.29, 1.82) is 0 Å². The fraction of sp³-hybridized carbons (Fsp3) is 0.667. The molecule has 0 amide bonds. The van der Waals surface area contributed by atoms with Crippen molar-refractivity contribution in [2.24, 2.45) is 5.92 Å². The van der Waals surface area contributed by atoms with Crippen LogP contribution in [0.1, 0.15) is 26.7 Å². The zero-order chi connectivity index (χ0) is 13.3. The molecule has 1 fully saturated rings. The lowest BCUT2D eigenvalue weighted by atomic mass is 9.89. The van der Waals surface area contributed by atoms with E-state index in [2.05, 4.69) is 26.3 Å². The summed E-state index contributed by atoms with van der Waals surface area (Å²) in [6.45, 7) is 4.70. The molecule has 1 heterocycles. The number of nitrogens with zero attached hydrogens (tertiary/aromatic N) is 2. The van der Waals surface area contributed by atoms with Gasteiger partial charge in [0.2, 0.25) is 0 Å². The maximum atomic E-state index is 12.0. The number of hydrogen-bond donors (Lipinski definition) is 2. The molecule has 100 valence electrons. The molecule has 1 aliphatic carbocycles. The molecule has 18 heavy (non-hydrogen) atoms. The third kappa shape index (κ3) is 2.92. The quantitative estimate of drug-likeness (QED) is 0.885. The van der Waals surface area contributed by atoms with E-state index in [9.17, 15) is 9.90 Å². The fourth-order valence-electron chi connectivity index (χ4n) is 1.97. The predicted molar refractivity (Wildman–Crippen MR) is 73.7 cm³/mol. The van der Waals surface area contributed by atoms with Crippen molar-refractivity contribution in [2.45, 2.75) is 45.4 Å². The Morgan fingerprint density at radius 2 is 2.28 bits per heavy atom. The van der Waals surface area contributed by atoms with Crippen LogP contribution in [0.15, 0.2) is 15.5 Å². The lowest BCUT2D eigenvalue weighted by molar-refractivity contribution is 0.0836. The van der Waals surface area contributed by atoms with Crippen LogP contribution < -0.4 is 10.9 Å².